The second-order valence-corrected chi connectivity index (χ2v) is 5.54. The molecule has 1 heterocycles. The van der Waals surface area contributed by atoms with Crippen molar-refractivity contribution in [1.29, 1.82) is 0 Å². The molecule has 1 aliphatic carbocycles. The largest absolute Gasteiger partial charge is 0.497 e. The highest BCUT2D eigenvalue weighted by atomic mass is 16.5. The van der Waals surface area contributed by atoms with Gasteiger partial charge in [0.2, 0.25) is 5.88 Å². The summed E-state index contributed by atoms with van der Waals surface area (Å²) in [5, 5.41) is 3.39. The summed E-state index contributed by atoms with van der Waals surface area (Å²) in [7, 11) is 1.69. The van der Waals surface area contributed by atoms with Gasteiger partial charge in [0, 0.05) is 12.0 Å². The van der Waals surface area contributed by atoms with Crippen molar-refractivity contribution in [3.8, 4) is 11.6 Å². The first-order chi connectivity index (χ1) is 10.8. The van der Waals surface area contributed by atoms with Crippen LogP contribution < -0.4 is 14.8 Å². The average molecular weight is 299 g/mol. The smallest absolute Gasteiger partial charge is 0.234 e. The van der Waals surface area contributed by atoms with Gasteiger partial charge in [-0.2, -0.15) is 4.98 Å². The third-order valence-corrected chi connectivity index (χ3v) is 4.07. The third-order valence-electron chi connectivity index (χ3n) is 4.07. The summed E-state index contributed by atoms with van der Waals surface area (Å²) >= 11 is 0. The minimum absolute atomic E-state index is 0.204. The molecule has 1 fully saturated rings. The second kappa shape index (κ2) is 6.22. The lowest BCUT2D eigenvalue weighted by Crippen LogP contribution is -2.20. The summed E-state index contributed by atoms with van der Waals surface area (Å²) < 4.78 is 10.6. The summed E-state index contributed by atoms with van der Waals surface area (Å²) in [4.78, 5) is 8.55. The Bertz CT molecular complexity index is 624. The Labute approximate surface area is 130 Å². The number of nitrogens with zero attached hydrogens (tertiary/aromatic N) is 2. The number of hydrogen-bond acceptors (Lipinski definition) is 5. The maximum absolute atomic E-state index is 5.38. The van der Waals surface area contributed by atoms with E-state index in [1.54, 1.807) is 19.5 Å². The van der Waals surface area contributed by atoms with E-state index in [2.05, 4.69) is 27.4 Å². The summed E-state index contributed by atoms with van der Waals surface area (Å²) in [5.74, 6) is 2.20. The SMILES string of the molecule is CCOc1cncc(NCC2(c3ccc(OC)cc3)CC2)n1. The van der Waals surface area contributed by atoms with Crippen LogP contribution in [-0.2, 0) is 5.41 Å². The molecule has 5 heteroatoms. The molecule has 1 N–H and O–H groups in total. The molecule has 0 amide bonds. The molecule has 2 aromatic rings. The zero-order valence-corrected chi connectivity index (χ0v) is 13.0. The Balaban J connectivity index is 1.66. The zero-order valence-electron chi connectivity index (χ0n) is 13.0. The van der Waals surface area contributed by atoms with E-state index in [0.717, 1.165) is 18.1 Å². The molecule has 1 aliphatic rings. The van der Waals surface area contributed by atoms with Gasteiger partial charge >= 0.3 is 0 Å². The fourth-order valence-electron chi connectivity index (χ4n) is 2.57. The predicted molar refractivity (Wildman–Crippen MR) is 85.6 cm³/mol. The first kappa shape index (κ1) is 14.6. The molecule has 0 unspecified atom stereocenters. The number of hydrogen-bond donors (Lipinski definition) is 1. The summed E-state index contributed by atoms with van der Waals surface area (Å²) in [6.07, 6.45) is 5.73. The van der Waals surface area contributed by atoms with Crippen LogP contribution in [0.15, 0.2) is 36.7 Å². The standard InChI is InChI=1S/C17H21N3O2/c1-3-22-16-11-18-10-15(20-16)19-12-17(8-9-17)13-4-6-14(21-2)7-5-13/h4-7,10-11H,3,8-9,12H2,1-2H3,(H,19,20). The molecule has 116 valence electrons. The van der Waals surface area contributed by atoms with Crippen molar-refractivity contribution in [3.63, 3.8) is 0 Å². The van der Waals surface area contributed by atoms with Crippen molar-refractivity contribution in [2.75, 3.05) is 25.6 Å². The number of anilines is 1. The van der Waals surface area contributed by atoms with Gasteiger partial charge in [-0.3, -0.25) is 4.98 Å². The van der Waals surface area contributed by atoms with Crippen molar-refractivity contribution < 1.29 is 9.47 Å². The molecule has 1 aromatic heterocycles. The van der Waals surface area contributed by atoms with Gasteiger partial charge in [0.1, 0.15) is 11.6 Å². The first-order valence-electron chi connectivity index (χ1n) is 7.59. The van der Waals surface area contributed by atoms with Crippen LogP contribution >= 0.6 is 0 Å². The van der Waals surface area contributed by atoms with Gasteiger partial charge in [-0.1, -0.05) is 12.1 Å². The summed E-state index contributed by atoms with van der Waals surface area (Å²) in [6, 6.07) is 8.33. The normalized spacial score (nSPS) is 15.2. The van der Waals surface area contributed by atoms with Crippen LogP contribution in [0.3, 0.4) is 0 Å². The van der Waals surface area contributed by atoms with E-state index in [4.69, 9.17) is 9.47 Å². The highest BCUT2D eigenvalue weighted by molar-refractivity contribution is 5.41. The zero-order chi connectivity index (χ0) is 15.4. The van der Waals surface area contributed by atoms with Crippen LogP contribution in [0.4, 0.5) is 5.82 Å². The van der Waals surface area contributed by atoms with Gasteiger partial charge in [0.05, 0.1) is 26.1 Å². The fraction of sp³-hybridized carbons (Fsp3) is 0.412. The number of benzene rings is 1. The van der Waals surface area contributed by atoms with Crippen molar-refractivity contribution in [3.05, 3.63) is 42.2 Å². The molecule has 22 heavy (non-hydrogen) atoms. The maximum Gasteiger partial charge on any atom is 0.234 e. The topological polar surface area (TPSA) is 56.3 Å². The first-order valence-corrected chi connectivity index (χ1v) is 7.59. The molecule has 1 aromatic carbocycles. The highest BCUT2D eigenvalue weighted by Crippen LogP contribution is 2.48. The Morgan fingerprint density at radius 3 is 2.59 bits per heavy atom. The molecule has 0 atom stereocenters. The summed E-state index contributed by atoms with van der Waals surface area (Å²) in [5.41, 5.74) is 1.55. The van der Waals surface area contributed by atoms with E-state index in [1.807, 2.05) is 19.1 Å². The minimum atomic E-state index is 0.204. The number of nitrogens with one attached hydrogen (secondary N) is 1. The number of aromatic nitrogens is 2. The summed E-state index contributed by atoms with van der Waals surface area (Å²) in [6.45, 7) is 3.38. The van der Waals surface area contributed by atoms with E-state index in [-0.39, 0.29) is 5.41 Å². The van der Waals surface area contributed by atoms with E-state index in [0.29, 0.717) is 12.5 Å². The lowest BCUT2D eigenvalue weighted by molar-refractivity contribution is 0.325. The van der Waals surface area contributed by atoms with Gasteiger partial charge in [-0.25, -0.2) is 0 Å². The molecule has 0 radical (unpaired) electrons. The van der Waals surface area contributed by atoms with Gasteiger partial charge < -0.3 is 14.8 Å². The van der Waals surface area contributed by atoms with Gasteiger partial charge in [0.25, 0.3) is 0 Å². The Morgan fingerprint density at radius 1 is 1.18 bits per heavy atom. The van der Waals surface area contributed by atoms with Crippen LogP contribution in [0.2, 0.25) is 0 Å². The van der Waals surface area contributed by atoms with Crippen molar-refractivity contribution in [2.45, 2.75) is 25.2 Å². The molecule has 1 saturated carbocycles. The minimum Gasteiger partial charge on any atom is -0.497 e. The van der Waals surface area contributed by atoms with E-state index < -0.39 is 0 Å². The van der Waals surface area contributed by atoms with Gasteiger partial charge in [0.15, 0.2) is 0 Å². The Hall–Kier alpha value is -2.30. The van der Waals surface area contributed by atoms with Gasteiger partial charge in [-0.15, -0.1) is 0 Å². The molecule has 5 nitrogen and oxygen atoms in total. The van der Waals surface area contributed by atoms with Crippen LogP contribution in [-0.4, -0.2) is 30.2 Å². The van der Waals surface area contributed by atoms with Crippen molar-refractivity contribution >= 4 is 5.82 Å². The molecule has 0 aliphatic heterocycles. The second-order valence-electron chi connectivity index (χ2n) is 5.54. The fourth-order valence-corrected chi connectivity index (χ4v) is 2.57. The van der Waals surface area contributed by atoms with Crippen molar-refractivity contribution in [2.24, 2.45) is 0 Å². The van der Waals surface area contributed by atoms with Crippen LogP contribution in [0.5, 0.6) is 11.6 Å². The number of methoxy groups -OCH3 is 1. The lowest BCUT2D eigenvalue weighted by atomic mass is 9.96. The van der Waals surface area contributed by atoms with E-state index in [9.17, 15) is 0 Å². The molecule has 0 spiro atoms. The molecular weight excluding hydrogens is 278 g/mol. The quantitative estimate of drug-likeness (QED) is 0.851. The van der Waals surface area contributed by atoms with Crippen LogP contribution in [0.25, 0.3) is 0 Å². The molecular formula is C17H21N3O2. The molecule has 0 saturated heterocycles. The Morgan fingerprint density at radius 2 is 1.95 bits per heavy atom. The average Bonchev–Trinajstić information content (AvgIpc) is 3.35. The van der Waals surface area contributed by atoms with Gasteiger partial charge in [-0.05, 0) is 37.5 Å². The lowest BCUT2D eigenvalue weighted by Gasteiger charge is -2.17. The van der Waals surface area contributed by atoms with E-state index in [1.165, 1.54) is 18.4 Å². The van der Waals surface area contributed by atoms with E-state index >= 15 is 0 Å². The maximum atomic E-state index is 5.38. The molecule has 0 bridgehead atoms. The van der Waals surface area contributed by atoms with Crippen LogP contribution in [0, 0.1) is 0 Å². The predicted octanol–water partition coefficient (Wildman–Crippen LogP) is 3.03. The molecule has 3 rings (SSSR count). The third kappa shape index (κ3) is 3.13. The van der Waals surface area contributed by atoms with Crippen LogP contribution in [0.1, 0.15) is 25.3 Å². The Kier molecular flexibility index (Phi) is 4.13. The highest BCUT2D eigenvalue weighted by Gasteiger charge is 2.44. The number of ether oxygens (including phenoxy) is 2. The van der Waals surface area contributed by atoms with Crippen molar-refractivity contribution in [1.82, 2.24) is 9.97 Å². The monoisotopic (exact) mass is 299 g/mol. The number of rotatable bonds is 7.